The molecule has 6 heteroatoms. The van der Waals surface area contributed by atoms with Crippen LogP contribution < -0.4 is 10.9 Å². The first-order valence-electron chi connectivity index (χ1n) is 8.19. The van der Waals surface area contributed by atoms with E-state index in [2.05, 4.69) is 33.6 Å². The van der Waals surface area contributed by atoms with Gasteiger partial charge in [0.25, 0.3) is 5.91 Å². The zero-order valence-electron chi connectivity index (χ0n) is 13.8. The molecule has 2 heterocycles. The molecule has 0 unspecified atom stereocenters. The number of H-pyrrole nitrogens is 1. The molecular formula is C20H16N4O2. The Kier molecular flexibility index (Phi) is 4.07. The Balaban J connectivity index is 1.61. The lowest BCUT2D eigenvalue weighted by atomic mass is 10.0. The Morgan fingerprint density at radius 3 is 2.81 bits per heavy atom. The second kappa shape index (κ2) is 6.68. The van der Waals surface area contributed by atoms with Crippen molar-refractivity contribution in [2.24, 2.45) is 0 Å². The van der Waals surface area contributed by atoms with Gasteiger partial charge in [0.2, 0.25) is 5.56 Å². The van der Waals surface area contributed by atoms with Crippen LogP contribution >= 0.6 is 0 Å². The van der Waals surface area contributed by atoms with Gasteiger partial charge in [-0.3, -0.25) is 9.59 Å². The van der Waals surface area contributed by atoms with Gasteiger partial charge in [-0.2, -0.15) is 5.10 Å². The number of nitrogens with one attached hydrogen (secondary N) is 2. The molecule has 2 aromatic heterocycles. The van der Waals surface area contributed by atoms with Crippen molar-refractivity contribution in [3.05, 3.63) is 94.5 Å². The molecule has 0 fully saturated rings. The van der Waals surface area contributed by atoms with Gasteiger partial charge in [-0.1, -0.05) is 42.5 Å². The molecule has 128 valence electrons. The minimum absolute atomic E-state index is 0.298. The monoisotopic (exact) mass is 344 g/mol. The van der Waals surface area contributed by atoms with Crippen LogP contribution in [0.25, 0.3) is 10.8 Å². The number of rotatable bonds is 4. The van der Waals surface area contributed by atoms with Crippen LogP contribution in [0.2, 0.25) is 0 Å². The third-order valence-electron chi connectivity index (χ3n) is 4.20. The third-order valence-corrected chi connectivity index (χ3v) is 4.20. The fourth-order valence-corrected chi connectivity index (χ4v) is 2.93. The third kappa shape index (κ3) is 3.12. The predicted molar refractivity (Wildman–Crippen MR) is 100 cm³/mol. The van der Waals surface area contributed by atoms with Crippen LogP contribution in [0.15, 0.2) is 77.9 Å². The number of pyridine rings is 1. The molecule has 26 heavy (non-hydrogen) atoms. The van der Waals surface area contributed by atoms with Crippen LogP contribution in [-0.2, 0) is 6.54 Å². The minimum atomic E-state index is -0.351. The Morgan fingerprint density at radius 1 is 1.08 bits per heavy atom. The molecule has 2 N–H and O–H groups in total. The van der Waals surface area contributed by atoms with Gasteiger partial charge in [-0.15, -0.1) is 0 Å². The molecule has 6 nitrogen and oxygen atoms in total. The van der Waals surface area contributed by atoms with E-state index in [1.54, 1.807) is 23.0 Å². The van der Waals surface area contributed by atoms with Crippen molar-refractivity contribution in [1.82, 2.24) is 14.8 Å². The second-order valence-corrected chi connectivity index (χ2v) is 5.91. The largest absolute Gasteiger partial charge is 0.329 e. The highest BCUT2D eigenvalue weighted by Gasteiger charge is 2.11. The van der Waals surface area contributed by atoms with E-state index in [4.69, 9.17) is 0 Å². The van der Waals surface area contributed by atoms with Gasteiger partial charge in [0.05, 0.1) is 12.7 Å². The molecule has 0 aliphatic rings. The summed E-state index contributed by atoms with van der Waals surface area (Å²) in [6.07, 6.45) is 3.09. The molecule has 0 saturated carbocycles. The molecule has 2 aromatic carbocycles. The Morgan fingerprint density at radius 2 is 1.92 bits per heavy atom. The highest BCUT2D eigenvalue weighted by molar-refractivity contribution is 6.03. The number of anilines is 1. The summed E-state index contributed by atoms with van der Waals surface area (Å²) in [6, 6.07) is 18.8. The molecule has 0 aliphatic heterocycles. The van der Waals surface area contributed by atoms with Gasteiger partial charge >= 0.3 is 0 Å². The van der Waals surface area contributed by atoms with Crippen LogP contribution in [0.3, 0.4) is 0 Å². The molecule has 4 rings (SSSR count). The highest BCUT2D eigenvalue weighted by atomic mass is 16.2. The molecule has 0 bridgehead atoms. The molecule has 0 saturated heterocycles. The zero-order valence-corrected chi connectivity index (χ0v) is 13.8. The van der Waals surface area contributed by atoms with Gasteiger partial charge in [0, 0.05) is 23.9 Å². The summed E-state index contributed by atoms with van der Waals surface area (Å²) in [5.74, 6) is 0.221. The van der Waals surface area contributed by atoms with Gasteiger partial charge in [-0.25, -0.2) is 4.68 Å². The predicted octanol–water partition coefficient (Wildman–Crippen LogP) is 3.03. The number of aromatic amines is 1. The van der Waals surface area contributed by atoms with Crippen LogP contribution in [0.1, 0.15) is 15.9 Å². The molecule has 0 spiro atoms. The Labute approximate surface area is 149 Å². The first-order chi connectivity index (χ1) is 12.7. The molecule has 4 aromatic rings. The maximum absolute atomic E-state index is 12.4. The number of carbonyl (C=O) groups excluding carboxylic acids is 1. The van der Waals surface area contributed by atoms with Gasteiger partial charge in [-0.05, 0) is 22.4 Å². The van der Waals surface area contributed by atoms with Crippen LogP contribution in [0, 0.1) is 0 Å². The summed E-state index contributed by atoms with van der Waals surface area (Å²) in [5.41, 5.74) is 1.09. The van der Waals surface area contributed by atoms with E-state index in [1.165, 1.54) is 12.3 Å². The van der Waals surface area contributed by atoms with Gasteiger partial charge < -0.3 is 10.3 Å². The van der Waals surface area contributed by atoms with Gasteiger partial charge in [0.15, 0.2) is 0 Å². The fraction of sp³-hybridized carbons (Fsp3) is 0.0500. The van der Waals surface area contributed by atoms with Crippen molar-refractivity contribution in [2.75, 3.05) is 5.32 Å². The number of benzene rings is 2. The number of fused-ring (bicyclic) bond motifs is 1. The first kappa shape index (κ1) is 15.8. The van der Waals surface area contributed by atoms with Crippen molar-refractivity contribution in [3.63, 3.8) is 0 Å². The SMILES string of the molecule is O=C(Nc1ccnn1Cc1cccc2ccccc12)c1cc[nH]c(=O)c1. The second-order valence-electron chi connectivity index (χ2n) is 5.91. The smallest absolute Gasteiger partial charge is 0.257 e. The lowest BCUT2D eigenvalue weighted by Gasteiger charge is -2.11. The summed E-state index contributed by atoms with van der Waals surface area (Å²) in [4.78, 5) is 26.2. The van der Waals surface area contributed by atoms with Crippen molar-refractivity contribution in [2.45, 2.75) is 6.54 Å². The minimum Gasteiger partial charge on any atom is -0.329 e. The van der Waals surface area contributed by atoms with E-state index in [0.717, 1.165) is 16.3 Å². The lowest BCUT2D eigenvalue weighted by Crippen LogP contribution is -2.18. The zero-order chi connectivity index (χ0) is 17.9. The number of amides is 1. The van der Waals surface area contributed by atoms with E-state index in [9.17, 15) is 9.59 Å². The Hall–Kier alpha value is -3.67. The van der Waals surface area contributed by atoms with Crippen molar-refractivity contribution in [1.29, 1.82) is 0 Å². The van der Waals surface area contributed by atoms with E-state index in [-0.39, 0.29) is 11.5 Å². The quantitative estimate of drug-likeness (QED) is 0.597. The van der Waals surface area contributed by atoms with E-state index < -0.39 is 0 Å². The number of carbonyl (C=O) groups is 1. The maximum Gasteiger partial charge on any atom is 0.257 e. The average molecular weight is 344 g/mol. The molecule has 0 atom stereocenters. The fourth-order valence-electron chi connectivity index (χ4n) is 2.93. The molecule has 0 radical (unpaired) electrons. The number of aromatic nitrogens is 3. The van der Waals surface area contributed by atoms with E-state index >= 15 is 0 Å². The Bertz CT molecular complexity index is 1140. The maximum atomic E-state index is 12.4. The lowest BCUT2D eigenvalue weighted by molar-refractivity contribution is 0.102. The van der Waals surface area contributed by atoms with Crippen molar-refractivity contribution < 1.29 is 4.79 Å². The van der Waals surface area contributed by atoms with Crippen LogP contribution in [0.4, 0.5) is 5.82 Å². The van der Waals surface area contributed by atoms with Crippen molar-refractivity contribution in [3.8, 4) is 0 Å². The summed E-state index contributed by atoms with van der Waals surface area (Å²) in [6.45, 7) is 0.527. The van der Waals surface area contributed by atoms with Crippen LogP contribution in [-0.4, -0.2) is 20.7 Å². The number of hydrogen-bond acceptors (Lipinski definition) is 3. The van der Waals surface area contributed by atoms with Gasteiger partial charge in [0.1, 0.15) is 5.82 Å². The molecular weight excluding hydrogens is 328 g/mol. The highest BCUT2D eigenvalue weighted by Crippen LogP contribution is 2.20. The number of nitrogens with zero attached hydrogens (tertiary/aromatic N) is 2. The topological polar surface area (TPSA) is 79.8 Å². The normalized spacial score (nSPS) is 10.8. The van der Waals surface area contributed by atoms with E-state index in [1.807, 2.05) is 24.3 Å². The summed E-state index contributed by atoms with van der Waals surface area (Å²) in [7, 11) is 0. The van der Waals surface area contributed by atoms with E-state index in [0.29, 0.717) is 17.9 Å². The van der Waals surface area contributed by atoms with Crippen LogP contribution in [0.5, 0.6) is 0 Å². The number of hydrogen-bond donors (Lipinski definition) is 2. The first-order valence-corrected chi connectivity index (χ1v) is 8.19. The molecule has 1 amide bonds. The molecule has 0 aliphatic carbocycles. The van der Waals surface area contributed by atoms with Crippen molar-refractivity contribution >= 4 is 22.5 Å². The average Bonchev–Trinajstić information content (AvgIpc) is 3.09. The summed E-state index contributed by atoms with van der Waals surface area (Å²) < 4.78 is 1.73. The standard InChI is InChI=1S/C20H16N4O2/c25-19-12-15(8-10-21-19)20(26)23-18-9-11-22-24(18)13-16-6-3-5-14-4-1-2-7-17(14)16/h1-12H,13H2,(H,21,25)(H,23,26). The summed E-state index contributed by atoms with van der Waals surface area (Å²) >= 11 is 0. The summed E-state index contributed by atoms with van der Waals surface area (Å²) in [5, 5.41) is 9.44.